The van der Waals surface area contributed by atoms with Crippen molar-refractivity contribution in [2.45, 2.75) is 59.0 Å². The van der Waals surface area contributed by atoms with Crippen LogP contribution in [-0.2, 0) is 13.5 Å². The second-order valence-corrected chi connectivity index (χ2v) is 5.53. The Labute approximate surface area is 115 Å². The van der Waals surface area contributed by atoms with Gasteiger partial charge in [-0.15, -0.1) is 5.10 Å². The first-order chi connectivity index (χ1) is 8.43. The van der Waals surface area contributed by atoms with Crippen molar-refractivity contribution in [1.29, 1.82) is 0 Å². The van der Waals surface area contributed by atoms with Gasteiger partial charge in [0, 0.05) is 25.6 Å². The number of tetrazole rings is 1. The van der Waals surface area contributed by atoms with Crippen molar-refractivity contribution in [3.05, 3.63) is 5.82 Å². The molecule has 18 heavy (non-hydrogen) atoms. The van der Waals surface area contributed by atoms with Gasteiger partial charge in [0.05, 0.1) is 4.99 Å². The van der Waals surface area contributed by atoms with Crippen molar-refractivity contribution >= 4 is 17.2 Å². The first-order valence-corrected chi connectivity index (χ1v) is 6.86. The highest BCUT2D eigenvalue weighted by Crippen LogP contribution is 2.11. The molecule has 0 N–H and O–H groups in total. The van der Waals surface area contributed by atoms with Crippen LogP contribution in [-0.4, -0.2) is 42.2 Å². The van der Waals surface area contributed by atoms with Gasteiger partial charge in [0.1, 0.15) is 0 Å². The number of nitrogens with zero attached hydrogens (tertiary/aromatic N) is 5. The maximum atomic E-state index is 5.52. The summed E-state index contributed by atoms with van der Waals surface area (Å²) < 4.78 is 1.71. The molecular formula is C12H23N5S. The summed E-state index contributed by atoms with van der Waals surface area (Å²) in [6.07, 6.45) is 2.77. The number of hydrogen-bond acceptors (Lipinski definition) is 4. The zero-order chi connectivity index (χ0) is 13.7. The van der Waals surface area contributed by atoms with Crippen LogP contribution in [0.5, 0.6) is 0 Å². The zero-order valence-electron chi connectivity index (χ0n) is 11.9. The lowest BCUT2D eigenvalue weighted by Gasteiger charge is -2.33. The molecule has 0 amide bonds. The van der Waals surface area contributed by atoms with Gasteiger partial charge in [-0.05, 0) is 51.0 Å². The largest absolute Gasteiger partial charge is 0.361 e. The van der Waals surface area contributed by atoms with E-state index in [1.807, 2.05) is 7.05 Å². The van der Waals surface area contributed by atoms with Gasteiger partial charge in [-0.3, -0.25) is 0 Å². The molecule has 102 valence electrons. The van der Waals surface area contributed by atoms with E-state index in [4.69, 9.17) is 12.2 Å². The van der Waals surface area contributed by atoms with Crippen LogP contribution in [0.1, 0.15) is 46.4 Å². The number of hydrogen-bond donors (Lipinski definition) is 0. The topological polar surface area (TPSA) is 46.8 Å². The minimum Gasteiger partial charge on any atom is -0.361 e. The van der Waals surface area contributed by atoms with Crippen LogP contribution >= 0.6 is 12.2 Å². The highest BCUT2D eigenvalue weighted by atomic mass is 32.1. The predicted octanol–water partition coefficient (Wildman–Crippen LogP) is 1.98. The molecule has 0 saturated carbocycles. The quantitative estimate of drug-likeness (QED) is 0.739. The zero-order valence-corrected chi connectivity index (χ0v) is 12.7. The molecule has 0 aromatic carbocycles. The average Bonchev–Trinajstić information content (AvgIpc) is 2.63. The van der Waals surface area contributed by atoms with Crippen molar-refractivity contribution < 1.29 is 0 Å². The molecule has 1 heterocycles. The fraction of sp³-hybridized carbons (Fsp3) is 0.833. The van der Waals surface area contributed by atoms with E-state index in [1.54, 1.807) is 4.68 Å². The molecular weight excluding hydrogens is 246 g/mol. The summed E-state index contributed by atoms with van der Waals surface area (Å²) in [6, 6.07) is 0.906. The van der Waals surface area contributed by atoms with Crippen molar-refractivity contribution in [1.82, 2.24) is 25.1 Å². The molecule has 0 fully saturated rings. The molecule has 0 aliphatic rings. The summed E-state index contributed by atoms with van der Waals surface area (Å²) in [5.74, 6) is 0.915. The second-order valence-electron chi connectivity index (χ2n) is 5.06. The Hall–Kier alpha value is -1.04. The van der Waals surface area contributed by atoms with Crippen molar-refractivity contribution in [2.75, 3.05) is 0 Å². The van der Waals surface area contributed by atoms with Crippen molar-refractivity contribution in [3.8, 4) is 0 Å². The minimum atomic E-state index is 0.453. The van der Waals surface area contributed by atoms with Crippen LogP contribution in [0.4, 0.5) is 0 Å². The maximum absolute atomic E-state index is 5.52. The molecule has 0 saturated heterocycles. The van der Waals surface area contributed by atoms with Crippen LogP contribution in [0.25, 0.3) is 0 Å². The highest BCUT2D eigenvalue weighted by molar-refractivity contribution is 7.80. The summed E-state index contributed by atoms with van der Waals surface area (Å²) in [5.41, 5.74) is 0. The SMILES string of the molecule is CC(C)N(C(=S)CCCc1nnnn1C)C(C)C. The molecule has 1 aromatic heterocycles. The Bertz CT molecular complexity index is 378. The van der Waals surface area contributed by atoms with Crippen LogP contribution in [0.15, 0.2) is 0 Å². The summed E-state index contributed by atoms with van der Waals surface area (Å²) in [6.45, 7) is 8.72. The van der Waals surface area contributed by atoms with E-state index in [0.29, 0.717) is 12.1 Å². The van der Waals surface area contributed by atoms with Gasteiger partial charge in [0.2, 0.25) is 0 Å². The predicted molar refractivity (Wildman–Crippen MR) is 76.4 cm³/mol. The summed E-state index contributed by atoms with van der Waals surface area (Å²) in [5, 5.41) is 11.4. The number of rotatable bonds is 6. The van der Waals surface area contributed by atoms with Crippen LogP contribution in [0, 0.1) is 0 Å². The van der Waals surface area contributed by atoms with Crippen LogP contribution < -0.4 is 0 Å². The molecule has 0 bridgehead atoms. The normalized spacial score (nSPS) is 11.3. The van der Waals surface area contributed by atoms with E-state index >= 15 is 0 Å². The fourth-order valence-corrected chi connectivity index (χ4v) is 2.72. The standard InChI is InChI=1S/C12H23N5S/c1-9(2)17(10(3)4)12(18)8-6-7-11-13-14-15-16(11)5/h9-10H,6-8H2,1-5H3. The smallest absolute Gasteiger partial charge is 0.150 e. The summed E-state index contributed by atoms with van der Waals surface area (Å²) in [4.78, 5) is 3.33. The third-order valence-electron chi connectivity index (χ3n) is 2.90. The lowest BCUT2D eigenvalue weighted by molar-refractivity contribution is 0.291. The van der Waals surface area contributed by atoms with Gasteiger partial charge in [-0.2, -0.15) is 0 Å². The molecule has 0 atom stereocenters. The van der Waals surface area contributed by atoms with Gasteiger partial charge in [0.15, 0.2) is 5.82 Å². The van der Waals surface area contributed by atoms with Gasteiger partial charge >= 0.3 is 0 Å². The third kappa shape index (κ3) is 4.01. The Balaban J connectivity index is 2.43. The molecule has 0 unspecified atom stereocenters. The Morgan fingerprint density at radius 2 is 1.89 bits per heavy atom. The summed E-state index contributed by atoms with van der Waals surface area (Å²) >= 11 is 5.52. The van der Waals surface area contributed by atoms with Crippen molar-refractivity contribution in [2.24, 2.45) is 7.05 Å². The lowest BCUT2D eigenvalue weighted by atomic mass is 10.1. The van der Waals surface area contributed by atoms with Crippen LogP contribution in [0.3, 0.4) is 0 Å². The van der Waals surface area contributed by atoms with Gasteiger partial charge in [-0.1, -0.05) is 12.2 Å². The molecule has 0 spiro atoms. The van der Waals surface area contributed by atoms with Gasteiger partial charge in [-0.25, -0.2) is 4.68 Å². The molecule has 5 nitrogen and oxygen atoms in total. The number of aryl methyl sites for hydroxylation is 2. The Morgan fingerprint density at radius 3 is 2.33 bits per heavy atom. The Morgan fingerprint density at radius 1 is 1.28 bits per heavy atom. The van der Waals surface area contributed by atoms with Crippen LogP contribution in [0.2, 0.25) is 0 Å². The molecule has 1 rings (SSSR count). The lowest BCUT2D eigenvalue weighted by Crippen LogP contribution is -2.41. The van der Waals surface area contributed by atoms with Crippen molar-refractivity contribution in [3.63, 3.8) is 0 Å². The minimum absolute atomic E-state index is 0.453. The first kappa shape index (κ1) is 15.0. The molecule has 0 radical (unpaired) electrons. The monoisotopic (exact) mass is 269 g/mol. The van der Waals surface area contributed by atoms with E-state index in [0.717, 1.165) is 30.1 Å². The average molecular weight is 269 g/mol. The maximum Gasteiger partial charge on any atom is 0.150 e. The molecule has 1 aromatic rings. The van der Waals surface area contributed by atoms with E-state index in [9.17, 15) is 0 Å². The summed E-state index contributed by atoms with van der Waals surface area (Å²) in [7, 11) is 1.86. The third-order valence-corrected chi connectivity index (χ3v) is 3.31. The molecule has 6 heteroatoms. The second kappa shape index (κ2) is 6.78. The van der Waals surface area contributed by atoms with Gasteiger partial charge in [0.25, 0.3) is 0 Å². The highest BCUT2D eigenvalue weighted by Gasteiger charge is 2.16. The molecule has 0 aliphatic heterocycles. The molecule has 0 aliphatic carbocycles. The van der Waals surface area contributed by atoms with E-state index in [-0.39, 0.29) is 0 Å². The fourth-order valence-electron chi connectivity index (χ4n) is 2.16. The van der Waals surface area contributed by atoms with E-state index < -0.39 is 0 Å². The number of aromatic nitrogens is 4. The number of thiocarbonyl (C=S) groups is 1. The first-order valence-electron chi connectivity index (χ1n) is 6.46. The van der Waals surface area contributed by atoms with E-state index in [1.165, 1.54) is 0 Å². The van der Waals surface area contributed by atoms with E-state index in [2.05, 4.69) is 48.1 Å². The Kier molecular flexibility index (Phi) is 5.65. The van der Waals surface area contributed by atoms with Gasteiger partial charge < -0.3 is 4.90 Å².